The molecule has 8 heteroatoms. The lowest BCUT2D eigenvalue weighted by atomic mass is 10.1. The van der Waals surface area contributed by atoms with E-state index in [-0.39, 0.29) is 5.82 Å². The molecule has 1 aliphatic rings. The molecule has 0 aliphatic carbocycles. The Morgan fingerprint density at radius 1 is 1.24 bits per heavy atom. The van der Waals surface area contributed by atoms with Crippen LogP contribution >= 0.6 is 23.1 Å². The van der Waals surface area contributed by atoms with Crippen LogP contribution in [0.1, 0.15) is 23.0 Å². The Labute approximate surface area is 152 Å². The van der Waals surface area contributed by atoms with Gasteiger partial charge in [0.1, 0.15) is 11.6 Å². The number of nitrogen functional groups attached to an aromatic ring is 1. The zero-order chi connectivity index (χ0) is 17.2. The Balaban J connectivity index is 1.59. The smallest absolute Gasteiger partial charge is 0.227 e. The molecule has 0 saturated carbocycles. The van der Waals surface area contributed by atoms with Crippen LogP contribution in [0.5, 0.6) is 5.75 Å². The molecule has 25 heavy (non-hydrogen) atoms. The van der Waals surface area contributed by atoms with Gasteiger partial charge in [0.25, 0.3) is 0 Å². The molecule has 0 amide bonds. The fourth-order valence-corrected chi connectivity index (χ4v) is 4.18. The Hall–Kier alpha value is -2.16. The third-order valence-corrected chi connectivity index (χ3v) is 5.60. The maximum absolute atomic E-state index is 13.9. The second kappa shape index (κ2) is 6.99. The van der Waals surface area contributed by atoms with E-state index >= 15 is 0 Å². The minimum Gasteiger partial charge on any atom is -0.460 e. The number of hydrogen-bond acceptors (Lipinski definition) is 7. The first kappa shape index (κ1) is 16.3. The fourth-order valence-electron chi connectivity index (χ4n) is 2.58. The van der Waals surface area contributed by atoms with Crippen LogP contribution in [0.2, 0.25) is 0 Å². The Kier molecular flexibility index (Phi) is 4.56. The molecule has 0 fully saturated rings. The van der Waals surface area contributed by atoms with E-state index < -0.39 is 6.29 Å². The number of aromatic nitrogens is 2. The largest absolute Gasteiger partial charge is 0.460 e. The fraction of sp³-hybridized carbons (Fsp3) is 0.176. The summed E-state index contributed by atoms with van der Waals surface area (Å²) in [5.41, 5.74) is 7.99. The van der Waals surface area contributed by atoms with Gasteiger partial charge in [-0.15, -0.1) is 10.2 Å². The van der Waals surface area contributed by atoms with Crippen LogP contribution in [0.15, 0.2) is 46.8 Å². The maximum Gasteiger partial charge on any atom is 0.227 e. The van der Waals surface area contributed by atoms with Gasteiger partial charge in [-0.1, -0.05) is 53.4 Å². The summed E-state index contributed by atoms with van der Waals surface area (Å²) in [6, 6.07) is 12.6. The molecule has 2 N–H and O–H groups in total. The molecule has 1 aromatic heterocycles. The molecule has 1 aliphatic heterocycles. The summed E-state index contributed by atoms with van der Waals surface area (Å²) in [7, 11) is 0. The van der Waals surface area contributed by atoms with Crippen LogP contribution in [-0.2, 0) is 17.1 Å². The molecule has 0 spiro atoms. The van der Waals surface area contributed by atoms with Crippen molar-refractivity contribution in [3.63, 3.8) is 0 Å². The molecule has 5 nitrogen and oxygen atoms in total. The monoisotopic (exact) mass is 375 g/mol. The van der Waals surface area contributed by atoms with Crippen LogP contribution in [0.25, 0.3) is 0 Å². The summed E-state index contributed by atoms with van der Waals surface area (Å²) in [6.07, 6.45) is -0.500. The van der Waals surface area contributed by atoms with Crippen molar-refractivity contribution in [2.45, 2.75) is 23.0 Å². The predicted molar refractivity (Wildman–Crippen MR) is 94.9 cm³/mol. The van der Waals surface area contributed by atoms with Crippen molar-refractivity contribution in [2.24, 2.45) is 0 Å². The van der Waals surface area contributed by atoms with E-state index in [0.717, 1.165) is 15.5 Å². The summed E-state index contributed by atoms with van der Waals surface area (Å²) in [5, 5.41) is 8.18. The van der Waals surface area contributed by atoms with E-state index in [1.165, 1.54) is 35.2 Å². The number of nitrogens with two attached hydrogens (primary N) is 1. The third-order valence-electron chi connectivity index (χ3n) is 3.67. The van der Waals surface area contributed by atoms with Crippen LogP contribution in [0.4, 0.5) is 9.52 Å². The van der Waals surface area contributed by atoms with Gasteiger partial charge in [0.05, 0.1) is 6.61 Å². The zero-order valence-corrected chi connectivity index (χ0v) is 14.6. The number of fused-ring (bicyclic) bond motifs is 1. The van der Waals surface area contributed by atoms with Gasteiger partial charge in [-0.2, -0.15) is 0 Å². The lowest BCUT2D eigenvalue weighted by Crippen LogP contribution is -2.19. The molecule has 4 rings (SSSR count). The molecule has 2 heterocycles. The molecule has 3 aromatic rings. The summed E-state index contributed by atoms with van der Waals surface area (Å²) in [6.45, 7) is 0.302. The highest BCUT2D eigenvalue weighted by Gasteiger charge is 2.25. The van der Waals surface area contributed by atoms with Crippen molar-refractivity contribution in [3.8, 4) is 5.75 Å². The number of benzene rings is 2. The van der Waals surface area contributed by atoms with Gasteiger partial charge in [0.2, 0.25) is 11.4 Å². The second-order valence-electron chi connectivity index (χ2n) is 5.42. The molecule has 128 valence electrons. The summed E-state index contributed by atoms with van der Waals surface area (Å²) in [5.74, 6) is 0.874. The number of thioether (sulfide) groups is 1. The second-order valence-corrected chi connectivity index (χ2v) is 7.65. The Morgan fingerprint density at radius 2 is 2.08 bits per heavy atom. The average molecular weight is 375 g/mol. The van der Waals surface area contributed by atoms with E-state index in [4.69, 9.17) is 15.2 Å². The van der Waals surface area contributed by atoms with Crippen molar-refractivity contribution in [1.29, 1.82) is 0 Å². The minimum atomic E-state index is -0.500. The standard InChI is InChI=1S/C17H14FN3O2S2/c18-13-6-11-8-22-15(10-4-2-1-3-5-10)23-14(11)12(7-13)9-24-17-21-20-16(19)25-17/h1-7,15H,8-9H2,(H2,19,20). The highest BCUT2D eigenvalue weighted by Crippen LogP contribution is 2.39. The molecule has 0 saturated heterocycles. The zero-order valence-electron chi connectivity index (χ0n) is 13.0. The quantitative estimate of drug-likeness (QED) is 0.691. The van der Waals surface area contributed by atoms with Crippen molar-refractivity contribution >= 4 is 28.2 Å². The van der Waals surface area contributed by atoms with Crippen molar-refractivity contribution in [1.82, 2.24) is 10.2 Å². The maximum atomic E-state index is 13.9. The molecule has 2 aromatic carbocycles. The van der Waals surface area contributed by atoms with Gasteiger partial charge in [0, 0.05) is 22.4 Å². The van der Waals surface area contributed by atoms with E-state index in [9.17, 15) is 4.39 Å². The van der Waals surface area contributed by atoms with E-state index in [1.807, 2.05) is 30.3 Å². The number of anilines is 1. The van der Waals surface area contributed by atoms with Gasteiger partial charge in [-0.25, -0.2) is 4.39 Å². The number of hydrogen-bond donors (Lipinski definition) is 1. The first-order valence-electron chi connectivity index (χ1n) is 7.55. The molecule has 1 unspecified atom stereocenters. The van der Waals surface area contributed by atoms with E-state index in [0.29, 0.717) is 28.8 Å². The van der Waals surface area contributed by atoms with Crippen LogP contribution in [0, 0.1) is 5.82 Å². The van der Waals surface area contributed by atoms with Gasteiger partial charge in [-0.3, -0.25) is 0 Å². The molecule has 0 radical (unpaired) electrons. The number of nitrogens with zero attached hydrogens (tertiary/aromatic N) is 2. The molecular weight excluding hydrogens is 361 g/mol. The van der Waals surface area contributed by atoms with Gasteiger partial charge in [-0.05, 0) is 12.1 Å². The van der Waals surface area contributed by atoms with Crippen LogP contribution in [0.3, 0.4) is 0 Å². The normalized spacial score (nSPS) is 16.3. The van der Waals surface area contributed by atoms with Crippen LogP contribution in [-0.4, -0.2) is 10.2 Å². The van der Waals surface area contributed by atoms with Gasteiger partial charge < -0.3 is 15.2 Å². The topological polar surface area (TPSA) is 70.3 Å². The van der Waals surface area contributed by atoms with Crippen molar-refractivity contribution in [2.75, 3.05) is 5.73 Å². The first-order valence-corrected chi connectivity index (χ1v) is 9.35. The number of ether oxygens (including phenoxy) is 2. The molecule has 0 bridgehead atoms. The lowest BCUT2D eigenvalue weighted by molar-refractivity contribution is -0.112. The van der Waals surface area contributed by atoms with Gasteiger partial charge >= 0.3 is 0 Å². The highest BCUT2D eigenvalue weighted by molar-refractivity contribution is 8.00. The lowest BCUT2D eigenvalue weighted by Gasteiger charge is -2.28. The van der Waals surface area contributed by atoms with E-state index in [2.05, 4.69) is 10.2 Å². The SMILES string of the molecule is Nc1nnc(SCc2cc(F)cc3c2OC(c2ccccc2)OC3)s1. The minimum absolute atomic E-state index is 0.302. The Bertz CT molecular complexity index is 889. The first-order chi connectivity index (χ1) is 12.2. The number of rotatable bonds is 4. The van der Waals surface area contributed by atoms with Crippen molar-refractivity contribution < 1.29 is 13.9 Å². The summed E-state index contributed by atoms with van der Waals surface area (Å²) in [4.78, 5) is 0. The highest BCUT2D eigenvalue weighted by atomic mass is 32.2. The molecule has 1 atom stereocenters. The van der Waals surface area contributed by atoms with Gasteiger partial charge in [0.15, 0.2) is 4.34 Å². The van der Waals surface area contributed by atoms with E-state index in [1.54, 1.807) is 0 Å². The Morgan fingerprint density at radius 3 is 2.84 bits per heavy atom. The third kappa shape index (κ3) is 3.60. The molecular formula is C17H14FN3O2S2. The van der Waals surface area contributed by atoms with Crippen molar-refractivity contribution in [3.05, 3.63) is 65.0 Å². The number of halogens is 1. The average Bonchev–Trinajstić information content (AvgIpc) is 3.05. The summed E-state index contributed by atoms with van der Waals surface area (Å²) >= 11 is 2.76. The predicted octanol–water partition coefficient (Wildman–Crippen LogP) is 4.16. The summed E-state index contributed by atoms with van der Waals surface area (Å²) < 4.78 is 26.4. The van der Waals surface area contributed by atoms with Crippen LogP contribution < -0.4 is 10.5 Å².